The van der Waals surface area contributed by atoms with Crippen molar-refractivity contribution in [3.05, 3.63) is 85.0 Å². The van der Waals surface area contributed by atoms with E-state index in [0.717, 1.165) is 5.56 Å². The third-order valence-electron chi connectivity index (χ3n) is 3.80. The van der Waals surface area contributed by atoms with Crippen LogP contribution in [-0.2, 0) is 6.54 Å². The molecule has 8 heteroatoms. The first-order valence-corrected chi connectivity index (χ1v) is 7.98. The van der Waals surface area contributed by atoms with E-state index < -0.39 is 0 Å². The van der Waals surface area contributed by atoms with Crippen LogP contribution in [-0.4, -0.2) is 35.2 Å². The molecule has 0 atom stereocenters. The summed E-state index contributed by atoms with van der Waals surface area (Å²) in [7, 11) is 0. The number of amides is 1. The van der Waals surface area contributed by atoms with Crippen LogP contribution in [0, 0.1) is 0 Å². The van der Waals surface area contributed by atoms with E-state index in [0.29, 0.717) is 23.7 Å². The van der Waals surface area contributed by atoms with Crippen molar-refractivity contribution in [1.82, 2.24) is 34.6 Å². The summed E-state index contributed by atoms with van der Waals surface area (Å²) in [6.45, 7) is 0.338. The van der Waals surface area contributed by atoms with Crippen LogP contribution in [0.4, 0.5) is 0 Å². The topological polar surface area (TPSA) is 90.5 Å². The van der Waals surface area contributed by atoms with Gasteiger partial charge in [0, 0.05) is 54.9 Å². The van der Waals surface area contributed by atoms with Gasteiger partial charge in [0.25, 0.3) is 5.91 Å². The molecule has 1 amide bonds. The van der Waals surface area contributed by atoms with E-state index in [2.05, 4.69) is 25.4 Å². The average Bonchev–Trinajstić information content (AvgIpc) is 3.40. The second kappa shape index (κ2) is 6.98. The lowest BCUT2D eigenvalue weighted by molar-refractivity contribution is 0.0950. The van der Waals surface area contributed by atoms with Gasteiger partial charge >= 0.3 is 0 Å². The van der Waals surface area contributed by atoms with Crippen LogP contribution in [0.3, 0.4) is 0 Å². The predicted molar refractivity (Wildman–Crippen MR) is 93.9 cm³/mol. The molecule has 128 valence electrons. The SMILES string of the molecule is O=C(NCc1cccnc1-n1cccn1)c1ccnc(-n2ccnc2)c1. The Balaban J connectivity index is 1.51. The van der Waals surface area contributed by atoms with Crippen LogP contribution in [0.15, 0.2) is 73.8 Å². The number of carbonyl (C=O) groups is 1. The number of hydrogen-bond donors (Lipinski definition) is 1. The van der Waals surface area contributed by atoms with Crippen LogP contribution < -0.4 is 5.32 Å². The molecule has 0 aliphatic heterocycles. The van der Waals surface area contributed by atoms with Gasteiger partial charge in [0.1, 0.15) is 12.1 Å². The molecule has 0 spiro atoms. The fourth-order valence-corrected chi connectivity index (χ4v) is 2.54. The molecule has 0 saturated heterocycles. The van der Waals surface area contributed by atoms with Gasteiger partial charge in [0.2, 0.25) is 0 Å². The van der Waals surface area contributed by atoms with Crippen molar-refractivity contribution in [2.45, 2.75) is 6.54 Å². The first-order valence-electron chi connectivity index (χ1n) is 7.98. The summed E-state index contributed by atoms with van der Waals surface area (Å²) in [6.07, 6.45) is 11.9. The van der Waals surface area contributed by atoms with Gasteiger partial charge < -0.3 is 5.32 Å². The molecule has 0 bridgehead atoms. The van der Waals surface area contributed by atoms with Gasteiger partial charge in [-0.25, -0.2) is 19.6 Å². The Morgan fingerprint density at radius 2 is 2.00 bits per heavy atom. The van der Waals surface area contributed by atoms with E-state index in [1.165, 1.54) is 0 Å². The highest BCUT2D eigenvalue weighted by molar-refractivity contribution is 5.94. The van der Waals surface area contributed by atoms with Gasteiger partial charge in [-0.2, -0.15) is 5.10 Å². The first-order chi connectivity index (χ1) is 12.8. The Morgan fingerprint density at radius 1 is 1.04 bits per heavy atom. The van der Waals surface area contributed by atoms with Gasteiger partial charge in [0.15, 0.2) is 5.82 Å². The number of aromatic nitrogens is 6. The summed E-state index contributed by atoms with van der Waals surface area (Å²) in [5.74, 6) is 1.13. The van der Waals surface area contributed by atoms with Crippen molar-refractivity contribution in [3.8, 4) is 11.6 Å². The summed E-state index contributed by atoms with van der Waals surface area (Å²) >= 11 is 0. The van der Waals surface area contributed by atoms with E-state index >= 15 is 0 Å². The number of rotatable bonds is 5. The summed E-state index contributed by atoms with van der Waals surface area (Å²) in [5, 5.41) is 7.11. The van der Waals surface area contributed by atoms with E-state index in [-0.39, 0.29) is 5.91 Å². The van der Waals surface area contributed by atoms with Crippen LogP contribution in [0.5, 0.6) is 0 Å². The molecule has 1 N–H and O–H groups in total. The molecule has 4 heterocycles. The minimum Gasteiger partial charge on any atom is -0.348 e. The predicted octanol–water partition coefficient (Wildman–Crippen LogP) is 1.78. The summed E-state index contributed by atoms with van der Waals surface area (Å²) in [6, 6.07) is 8.96. The molecule has 4 rings (SSSR count). The molecule has 8 nitrogen and oxygen atoms in total. The van der Waals surface area contributed by atoms with E-state index in [1.807, 2.05) is 24.4 Å². The van der Waals surface area contributed by atoms with Gasteiger partial charge in [-0.15, -0.1) is 0 Å². The normalized spacial score (nSPS) is 10.6. The van der Waals surface area contributed by atoms with E-state index in [1.54, 1.807) is 58.7 Å². The molecule has 26 heavy (non-hydrogen) atoms. The molecule has 0 fully saturated rings. The number of hydrogen-bond acceptors (Lipinski definition) is 5. The number of nitrogens with zero attached hydrogens (tertiary/aromatic N) is 6. The van der Waals surface area contributed by atoms with Crippen molar-refractivity contribution in [2.24, 2.45) is 0 Å². The van der Waals surface area contributed by atoms with Crippen LogP contribution in [0.2, 0.25) is 0 Å². The fourth-order valence-electron chi connectivity index (χ4n) is 2.54. The van der Waals surface area contributed by atoms with Crippen LogP contribution in [0.1, 0.15) is 15.9 Å². The summed E-state index contributed by atoms with van der Waals surface area (Å²) < 4.78 is 3.42. The molecule has 4 aromatic heterocycles. The van der Waals surface area contributed by atoms with Gasteiger partial charge in [-0.3, -0.25) is 9.36 Å². The molecule has 0 aliphatic carbocycles. The Morgan fingerprint density at radius 3 is 2.81 bits per heavy atom. The summed E-state index contributed by atoms with van der Waals surface area (Å²) in [5.41, 5.74) is 1.39. The molecule has 0 aromatic carbocycles. The molecule has 0 unspecified atom stereocenters. The van der Waals surface area contributed by atoms with Gasteiger partial charge in [-0.1, -0.05) is 6.07 Å². The molecule has 0 saturated carbocycles. The quantitative estimate of drug-likeness (QED) is 0.595. The minimum absolute atomic E-state index is 0.191. The van der Waals surface area contributed by atoms with Crippen molar-refractivity contribution >= 4 is 5.91 Å². The minimum atomic E-state index is -0.191. The zero-order chi connectivity index (χ0) is 17.8. The van der Waals surface area contributed by atoms with Crippen LogP contribution in [0.25, 0.3) is 11.6 Å². The lowest BCUT2D eigenvalue weighted by Crippen LogP contribution is -2.24. The second-order valence-corrected chi connectivity index (χ2v) is 5.49. The Kier molecular flexibility index (Phi) is 4.21. The van der Waals surface area contributed by atoms with Crippen LogP contribution >= 0.6 is 0 Å². The number of pyridine rings is 2. The maximum atomic E-state index is 12.5. The molecule has 0 aliphatic rings. The highest BCUT2D eigenvalue weighted by Gasteiger charge is 2.10. The monoisotopic (exact) mass is 345 g/mol. The largest absolute Gasteiger partial charge is 0.348 e. The number of nitrogens with one attached hydrogen (secondary N) is 1. The maximum Gasteiger partial charge on any atom is 0.251 e. The third-order valence-corrected chi connectivity index (χ3v) is 3.80. The lowest BCUT2D eigenvalue weighted by atomic mass is 10.2. The molecular weight excluding hydrogens is 330 g/mol. The molecule has 4 aromatic rings. The summed E-state index contributed by atoms with van der Waals surface area (Å²) in [4.78, 5) is 25.1. The van der Waals surface area contributed by atoms with Crippen molar-refractivity contribution < 1.29 is 4.79 Å². The van der Waals surface area contributed by atoms with Gasteiger partial charge in [-0.05, 0) is 24.3 Å². The number of carbonyl (C=O) groups excluding carboxylic acids is 1. The smallest absolute Gasteiger partial charge is 0.251 e. The first kappa shape index (κ1) is 15.7. The lowest BCUT2D eigenvalue weighted by Gasteiger charge is -2.10. The van der Waals surface area contributed by atoms with Crippen molar-refractivity contribution in [1.29, 1.82) is 0 Å². The average molecular weight is 345 g/mol. The second-order valence-electron chi connectivity index (χ2n) is 5.49. The Bertz CT molecular complexity index is 1010. The molecule has 0 radical (unpaired) electrons. The fraction of sp³-hybridized carbons (Fsp3) is 0.0556. The van der Waals surface area contributed by atoms with Crippen molar-refractivity contribution in [3.63, 3.8) is 0 Å². The van der Waals surface area contributed by atoms with E-state index in [9.17, 15) is 4.79 Å². The zero-order valence-corrected chi connectivity index (χ0v) is 13.7. The molecular formula is C18H15N7O. The highest BCUT2D eigenvalue weighted by Crippen LogP contribution is 2.11. The van der Waals surface area contributed by atoms with Gasteiger partial charge in [0.05, 0.1) is 0 Å². The Hall–Kier alpha value is -3.81. The maximum absolute atomic E-state index is 12.5. The zero-order valence-electron chi connectivity index (χ0n) is 13.7. The van der Waals surface area contributed by atoms with Crippen molar-refractivity contribution in [2.75, 3.05) is 0 Å². The number of imidazole rings is 1. The third kappa shape index (κ3) is 3.20. The standard InChI is InChI=1S/C18H15N7O/c26-18(14-4-7-20-16(11-14)24-10-8-19-13-24)22-12-15-3-1-5-21-17(15)25-9-2-6-23-25/h1-11,13H,12H2,(H,22,26). The van der Waals surface area contributed by atoms with E-state index in [4.69, 9.17) is 0 Å². The highest BCUT2D eigenvalue weighted by atomic mass is 16.1. The Labute approximate surface area is 149 Å².